The van der Waals surface area contributed by atoms with E-state index in [0.717, 1.165) is 24.1 Å². The molecule has 122 valence electrons. The summed E-state index contributed by atoms with van der Waals surface area (Å²) in [5.41, 5.74) is -1.70. The molecule has 0 fully saturated rings. The van der Waals surface area contributed by atoms with Gasteiger partial charge >= 0.3 is 0 Å². The average Bonchev–Trinajstić information content (AvgIpc) is 3.01. The molecule has 2 atom stereocenters. The van der Waals surface area contributed by atoms with Crippen LogP contribution < -0.4 is 0 Å². The Hall–Kier alpha value is -2.07. The van der Waals surface area contributed by atoms with Gasteiger partial charge in [-0.2, -0.15) is 5.10 Å². The number of hydrogen-bond donors (Lipinski definition) is 0. The van der Waals surface area contributed by atoms with E-state index < -0.39 is 35.5 Å². The lowest BCUT2D eigenvalue weighted by molar-refractivity contribution is -0.150. The molecule has 1 aliphatic rings. The number of carbonyl (C=O) groups is 1. The molecule has 0 bridgehead atoms. The van der Waals surface area contributed by atoms with E-state index in [1.807, 2.05) is 0 Å². The van der Waals surface area contributed by atoms with Gasteiger partial charge in [0.1, 0.15) is 11.2 Å². The quantitative estimate of drug-likeness (QED) is 0.598. The first-order valence-corrected chi connectivity index (χ1v) is 7.25. The fourth-order valence-electron chi connectivity index (χ4n) is 2.21. The Morgan fingerprint density at radius 3 is 2.83 bits per heavy atom. The molecule has 0 saturated carbocycles. The third kappa shape index (κ3) is 3.17. The Kier molecular flexibility index (Phi) is 4.95. The van der Waals surface area contributed by atoms with Gasteiger partial charge in [-0.25, -0.2) is 23.0 Å². The van der Waals surface area contributed by atoms with Crippen LogP contribution in [0.5, 0.6) is 0 Å². The van der Waals surface area contributed by atoms with E-state index in [2.05, 4.69) is 9.95 Å². The standard InChI is InChI=1S/C15H13ClF3N3O/c1-15(8-16,13(18)19)14(23)22-12(3-4-21-22)9-5-10(17)7-11(6-9)20-2/h4-7,12-13H,3,8H2,1H3. The van der Waals surface area contributed by atoms with Crippen LogP contribution in [0.4, 0.5) is 18.9 Å². The number of amides is 1. The van der Waals surface area contributed by atoms with Gasteiger partial charge < -0.3 is 0 Å². The maximum absolute atomic E-state index is 13.6. The molecule has 0 saturated heterocycles. The molecule has 1 aliphatic heterocycles. The van der Waals surface area contributed by atoms with E-state index in [1.54, 1.807) is 0 Å². The third-order valence-electron chi connectivity index (χ3n) is 3.70. The van der Waals surface area contributed by atoms with Crippen molar-refractivity contribution >= 4 is 29.4 Å². The molecule has 1 aromatic rings. The number of benzene rings is 1. The Labute approximate surface area is 136 Å². The second-order valence-electron chi connectivity index (χ2n) is 5.41. The number of hydrazone groups is 1. The van der Waals surface area contributed by atoms with E-state index >= 15 is 0 Å². The summed E-state index contributed by atoms with van der Waals surface area (Å²) in [7, 11) is 0. The summed E-state index contributed by atoms with van der Waals surface area (Å²) in [5, 5.41) is 4.74. The molecular formula is C15H13ClF3N3O. The maximum atomic E-state index is 13.6. The van der Waals surface area contributed by atoms with Crippen LogP contribution in [0.15, 0.2) is 23.3 Å². The first kappa shape index (κ1) is 17.3. The van der Waals surface area contributed by atoms with Gasteiger partial charge in [-0.3, -0.25) is 4.79 Å². The summed E-state index contributed by atoms with van der Waals surface area (Å²) in [4.78, 5) is 15.6. The van der Waals surface area contributed by atoms with Crippen LogP contribution in [0.1, 0.15) is 24.9 Å². The van der Waals surface area contributed by atoms with Gasteiger partial charge in [0.2, 0.25) is 0 Å². The average molecular weight is 344 g/mol. The molecule has 0 spiro atoms. The number of carbonyl (C=O) groups excluding carboxylic acids is 1. The summed E-state index contributed by atoms with van der Waals surface area (Å²) in [6, 6.07) is 2.89. The Morgan fingerprint density at radius 1 is 1.57 bits per heavy atom. The van der Waals surface area contributed by atoms with Crippen molar-refractivity contribution in [3.8, 4) is 0 Å². The summed E-state index contributed by atoms with van der Waals surface area (Å²) in [6.45, 7) is 8.02. The molecule has 4 nitrogen and oxygen atoms in total. The van der Waals surface area contributed by atoms with E-state index in [0.29, 0.717) is 5.56 Å². The van der Waals surface area contributed by atoms with Gasteiger partial charge in [0.25, 0.3) is 12.3 Å². The number of rotatable bonds is 4. The molecular weight excluding hydrogens is 331 g/mol. The number of halogens is 4. The Morgan fingerprint density at radius 2 is 2.26 bits per heavy atom. The Balaban J connectivity index is 2.37. The SMILES string of the molecule is [C-]#[N+]c1cc(F)cc(C2CC=NN2C(=O)C(C)(CCl)C(F)F)c1. The molecule has 0 aliphatic carbocycles. The van der Waals surface area contributed by atoms with Gasteiger partial charge in [0.05, 0.1) is 12.6 Å². The summed E-state index contributed by atoms with van der Waals surface area (Å²) in [5.74, 6) is -2.14. The molecule has 0 radical (unpaired) electrons. The van der Waals surface area contributed by atoms with E-state index in [9.17, 15) is 18.0 Å². The van der Waals surface area contributed by atoms with Crippen LogP contribution in [0.25, 0.3) is 4.85 Å². The fraction of sp³-hybridized carbons (Fsp3) is 0.400. The molecule has 0 N–H and O–H groups in total. The van der Waals surface area contributed by atoms with E-state index in [1.165, 1.54) is 12.3 Å². The van der Waals surface area contributed by atoms with Crippen LogP contribution in [-0.4, -0.2) is 29.4 Å². The van der Waals surface area contributed by atoms with Crippen LogP contribution >= 0.6 is 11.6 Å². The van der Waals surface area contributed by atoms with Crippen LogP contribution in [0, 0.1) is 17.8 Å². The molecule has 2 rings (SSSR count). The van der Waals surface area contributed by atoms with Crippen molar-refractivity contribution < 1.29 is 18.0 Å². The van der Waals surface area contributed by atoms with Gasteiger partial charge in [-0.05, 0) is 24.6 Å². The third-order valence-corrected chi connectivity index (χ3v) is 4.26. The lowest BCUT2D eigenvalue weighted by Gasteiger charge is -2.31. The van der Waals surface area contributed by atoms with Crippen molar-refractivity contribution in [2.24, 2.45) is 10.5 Å². The lowest BCUT2D eigenvalue weighted by Crippen LogP contribution is -2.45. The lowest BCUT2D eigenvalue weighted by atomic mass is 9.91. The van der Waals surface area contributed by atoms with Gasteiger partial charge in [0, 0.05) is 18.5 Å². The monoisotopic (exact) mass is 343 g/mol. The minimum Gasteiger partial charge on any atom is -0.272 e. The topological polar surface area (TPSA) is 37.0 Å². The first-order chi connectivity index (χ1) is 10.8. The predicted molar refractivity (Wildman–Crippen MR) is 80.2 cm³/mol. The van der Waals surface area contributed by atoms with Crippen LogP contribution in [-0.2, 0) is 4.79 Å². The first-order valence-electron chi connectivity index (χ1n) is 6.71. The molecule has 0 aromatic heterocycles. The summed E-state index contributed by atoms with van der Waals surface area (Å²) < 4.78 is 40.0. The molecule has 1 heterocycles. The molecule has 23 heavy (non-hydrogen) atoms. The summed E-state index contributed by atoms with van der Waals surface area (Å²) in [6.07, 6.45) is -1.32. The van der Waals surface area contributed by atoms with Crippen molar-refractivity contribution in [2.75, 3.05) is 5.88 Å². The smallest absolute Gasteiger partial charge is 0.256 e. The zero-order valence-electron chi connectivity index (χ0n) is 12.1. The highest BCUT2D eigenvalue weighted by molar-refractivity contribution is 6.20. The molecule has 1 amide bonds. The maximum Gasteiger partial charge on any atom is 0.256 e. The minimum atomic E-state index is -2.96. The van der Waals surface area contributed by atoms with E-state index in [4.69, 9.17) is 18.2 Å². The second-order valence-corrected chi connectivity index (χ2v) is 5.67. The normalized spacial score (nSPS) is 19.7. The molecule has 8 heteroatoms. The highest BCUT2D eigenvalue weighted by Gasteiger charge is 2.47. The molecule has 1 aromatic carbocycles. The predicted octanol–water partition coefficient (Wildman–Crippen LogP) is 4.15. The van der Waals surface area contributed by atoms with Gasteiger partial charge in [-0.1, -0.05) is 6.07 Å². The Bertz CT molecular complexity index is 689. The summed E-state index contributed by atoms with van der Waals surface area (Å²) >= 11 is 5.56. The van der Waals surface area contributed by atoms with Crippen molar-refractivity contribution in [1.29, 1.82) is 0 Å². The van der Waals surface area contributed by atoms with Crippen molar-refractivity contribution in [3.63, 3.8) is 0 Å². The largest absolute Gasteiger partial charge is 0.272 e. The number of hydrogen-bond acceptors (Lipinski definition) is 2. The number of nitrogens with zero attached hydrogens (tertiary/aromatic N) is 3. The van der Waals surface area contributed by atoms with Crippen molar-refractivity contribution in [1.82, 2.24) is 5.01 Å². The van der Waals surface area contributed by atoms with Crippen molar-refractivity contribution in [3.05, 3.63) is 41.0 Å². The second kappa shape index (κ2) is 6.59. The minimum absolute atomic E-state index is 0.0632. The van der Waals surface area contributed by atoms with Gasteiger partial charge in [-0.15, -0.1) is 11.6 Å². The van der Waals surface area contributed by atoms with E-state index in [-0.39, 0.29) is 12.1 Å². The number of alkyl halides is 3. The zero-order chi connectivity index (χ0) is 17.2. The van der Waals surface area contributed by atoms with Crippen LogP contribution in [0.2, 0.25) is 0 Å². The molecule has 2 unspecified atom stereocenters. The van der Waals surface area contributed by atoms with Gasteiger partial charge in [0.15, 0.2) is 5.69 Å². The fourth-order valence-corrected chi connectivity index (χ4v) is 2.44. The highest BCUT2D eigenvalue weighted by Crippen LogP contribution is 2.37. The van der Waals surface area contributed by atoms with Crippen molar-refractivity contribution in [2.45, 2.75) is 25.8 Å². The highest BCUT2D eigenvalue weighted by atomic mass is 35.5. The van der Waals surface area contributed by atoms with Crippen LogP contribution in [0.3, 0.4) is 0 Å². The zero-order valence-corrected chi connectivity index (χ0v) is 12.9.